The summed E-state index contributed by atoms with van der Waals surface area (Å²) in [5, 5.41) is 2.99. The molecule has 5 heteroatoms. The predicted molar refractivity (Wildman–Crippen MR) is 92.7 cm³/mol. The van der Waals surface area contributed by atoms with Gasteiger partial charge in [0.1, 0.15) is 5.76 Å². The van der Waals surface area contributed by atoms with Gasteiger partial charge in [0, 0.05) is 25.2 Å². The molecule has 3 rings (SSSR count). The van der Waals surface area contributed by atoms with Gasteiger partial charge in [-0.2, -0.15) is 0 Å². The van der Waals surface area contributed by atoms with Gasteiger partial charge in [-0.25, -0.2) is 0 Å². The molecule has 1 atom stereocenters. The SMILES string of the molecule is CC(=Cc1ccco1)CN1CCC(CNC(=O)c2occc2C)C1. The molecule has 1 unspecified atom stereocenters. The first-order chi connectivity index (χ1) is 11.6. The Morgan fingerprint density at radius 1 is 1.38 bits per heavy atom. The van der Waals surface area contributed by atoms with E-state index in [0.29, 0.717) is 18.2 Å². The first kappa shape index (κ1) is 16.6. The van der Waals surface area contributed by atoms with E-state index >= 15 is 0 Å². The average molecular weight is 328 g/mol. The Balaban J connectivity index is 1.44. The van der Waals surface area contributed by atoms with Crippen molar-refractivity contribution in [3.63, 3.8) is 0 Å². The van der Waals surface area contributed by atoms with Crippen molar-refractivity contribution in [1.82, 2.24) is 10.2 Å². The van der Waals surface area contributed by atoms with Crippen molar-refractivity contribution in [3.05, 3.63) is 53.4 Å². The van der Waals surface area contributed by atoms with E-state index in [-0.39, 0.29) is 5.91 Å². The van der Waals surface area contributed by atoms with Crippen LogP contribution in [0.3, 0.4) is 0 Å². The van der Waals surface area contributed by atoms with Gasteiger partial charge in [-0.1, -0.05) is 5.57 Å². The molecule has 0 spiro atoms. The van der Waals surface area contributed by atoms with E-state index < -0.39 is 0 Å². The molecule has 1 aliphatic rings. The molecule has 0 saturated carbocycles. The van der Waals surface area contributed by atoms with E-state index in [9.17, 15) is 4.79 Å². The minimum Gasteiger partial charge on any atom is -0.465 e. The largest absolute Gasteiger partial charge is 0.465 e. The summed E-state index contributed by atoms with van der Waals surface area (Å²) in [5.41, 5.74) is 2.15. The van der Waals surface area contributed by atoms with E-state index in [2.05, 4.69) is 23.2 Å². The summed E-state index contributed by atoms with van der Waals surface area (Å²) in [5.74, 6) is 1.68. The Bertz CT molecular complexity index is 700. The fourth-order valence-corrected chi connectivity index (χ4v) is 3.16. The van der Waals surface area contributed by atoms with Crippen LogP contribution in [-0.4, -0.2) is 37.0 Å². The number of likely N-dealkylation sites (tertiary alicyclic amines) is 1. The molecule has 1 aliphatic heterocycles. The van der Waals surface area contributed by atoms with Gasteiger partial charge < -0.3 is 14.2 Å². The predicted octanol–water partition coefficient (Wildman–Crippen LogP) is 3.34. The Hall–Kier alpha value is -2.27. The zero-order valence-corrected chi connectivity index (χ0v) is 14.2. The first-order valence-electron chi connectivity index (χ1n) is 8.37. The van der Waals surface area contributed by atoms with E-state index in [1.807, 2.05) is 19.1 Å². The quantitative estimate of drug-likeness (QED) is 0.883. The standard InChI is InChI=1S/C19H24N2O3/c1-14(10-17-4-3-8-23-17)12-21-7-5-16(13-21)11-20-19(22)18-15(2)6-9-24-18/h3-4,6,8-10,16H,5,7,11-13H2,1-2H3,(H,20,22). The molecule has 128 valence electrons. The van der Waals surface area contributed by atoms with Gasteiger partial charge in [-0.15, -0.1) is 0 Å². The van der Waals surface area contributed by atoms with Crippen LogP contribution in [0.15, 0.2) is 45.1 Å². The molecule has 1 amide bonds. The smallest absolute Gasteiger partial charge is 0.287 e. The van der Waals surface area contributed by atoms with Crippen molar-refractivity contribution in [2.45, 2.75) is 20.3 Å². The van der Waals surface area contributed by atoms with Crippen LogP contribution >= 0.6 is 0 Å². The molecule has 5 nitrogen and oxygen atoms in total. The molecule has 0 bridgehead atoms. The maximum atomic E-state index is 12.1. The highest BCUT2D eigenvalue weighted by atomic mass is 16.3. The van der Waals surface area contributed by atoms with E-state index in [0.717, 1.165) is 37.4 Å². The monoisotopic (exact) mass is 328 g/mol. The maximum absolute atomic E-state index is 12.1. The number of amides is 1. The number of nitrogens with one attached hydrogen (secondary N) is 1. The van der Waals surface area contributed by atoms with Gasteiger partial charge >= 0.3 is 0 Å². The molecule has 1 saturated heterocycles. The zero-order chi connectivity index (χ0) is 16.9. The number of nitrogens with zero attached hydrogens (tertiary/aromatic N) is 1. The fraction of sp³-hybridized carbons (Fsp3) is 0.421. The molecule has 2 aromatic heterocycles. The average Bonchev–Trinajstić information content (AvgIpc) is 3.27. The van der Waals surface area contributed by atoms with Crippen molar-refractivity contribution in [3.8, 4) is 0 Å². The number of furan rings is 2. The molecule has 2 aromatic rings. The summed E-state index contributed by atoms with van der Waals surface area (Å²) in [7, 11) is 0. The zero-order valence-electron chi connectivity index (χ0n) is 14.2. The third-order valence-electron chi connectivity index (χ3n) is 4.39. The molecule has 0 aromatic carbocycles. The van der Waals surface area contributed by atoms with Crippen LogP contribution in [-0.2, 0) is 0 Å². The maximum Gasteiger partial charge on any atom is 0.287 e. The third kappa shape index (κ3) is 4.17. The number of aryl methyl sites for hydroxylation is 1. The van der Waals surface area contributed by atoms with E-state index in [4.69, 9.17) is 8.83 Å². The summed E-state index contributed by atoms with van der Waals surface area (Å²) in [6.07, 6.45) is 6.42. The summed E-state index contributed by atoms with van der Waals surface area (Å²) in [4.78, 5) is 14.5. The minimum atomic E-state index is -0.121. The van der Waals surface area contributed by atoms with Crippen LogP contribution in [0.5, 0.6) is 0 Å². The fourth-order valence-electron chi connectivity index (χ4n) is 3.16. The highest BCUT2D eigenvalue weighted by Crippen LogP contribution is 2.18. The van der Waals surface area contributed by atoms with Gasteiger partial charge in [-0.3, -0.25) is 9.69 Å². The summed E-state index contributed by atoms with van der Waals surface area (Å²) in [6.45, 7) is 7.68. The normalized spacial score (nSPS) is 18.9. The van der Waals surface area contributed by atoms with Crippen molar-refractivity contribution in [2.75, 3.05) is 26.2 Å². The van der Waals surface area contributed by atoms with Crippen molar-refractivity contribution in [1.29, 1.82) is 0 Å². The van der Waals surface area contributed by atoms with Crippen LogP contribution in [0, 0.1) is 12.8 Å². The summed E-state index contributed by atoms with van der Waals surface area (Å²) < 4.78 is 10.6. The van der Waals surface area contributed by atoms with Gasteiger partial charge in [0.2, 0.25) is 0 Å². The lowest BCUT2D eigenvalue weighted by Gasteiger charge is -2.16. The van der Waals surface area contributed by atoms with Crippen molar-refractivity contribution in [2.24, 2.45) is 5.92 Å². The Morgan fingerprint density at radius 3 is 2.96 bits per heavy atom. The molecular formula is C19H24N2O3. The highest BCUT2D eigenvalue weighted by molar-refractivity contribution is 5.92. The molecule has 1 N–H and O–H groups in total. The highest BCUT2D eigenvalue weighted by Gasteiger charge is 2.23. The molecule has 24 heavy (non-hydrogen) atoms. The van der Waals surface area contributed by atoms with Crippen LogP contribution < -0.4 is 5.32 Å². The van der Waals surface area contributed by atoms with Gasteiger partial charge in [-0.05, 0) is 57.0 Å². The second-order valence-corrected chi connectivity index (χ2v) is 6.54. The minimum absolute atomic E-state index is 0.121. The van der Waals surface area contributed by atoms with Crippen LogP contribution in [0.4, 0.5) is 0 Å². The lowest BCUT2D eigenvalue weighted by molar-refractivity contribution is 0.0919. The lowest BCUT2D eigenvalue weighted by atomic mass is 10.1. The molecule has 0 aliphatic carbocycles. The molecule has 3 heterocycles. The van der Waals surface area contributed by atoms with Crippen molar-refractivity contribution < 1.29 is 13.6 Å². The van der Waals surface area contributed by atoms with Crippen molar-refractivity contribution >= 4 is 12.0 Å². The number of hydrogen-bond acceptors (Lipinski definition) is 4. The van der Waals surface area contributed by atoms with Crippen LogP contribution in [0.1, 0.15) is 35.2 Å². The molecule has 0 radical (unpaired) electrons. The number of hydrogen-bond donors (Lipinski definition) is 1. The first-order valence-corrected chi connectivity index (χ1v) is 8.37. The van der Waals surface area contributed by atoms with E-state index in [1.54, 1.807) is 18.6 Å². The number of carbonyl (C=O) groups is 1. The van der Waals surface area contributed by atoms with Crippen LogP contribution in [0.2, 0.25) is 0 Å². The second kappa shape index (κ2) is 7.53. The van der Waals surface area contributed by atoms with Gasteiger partial charge in [0.05, 0.1) is 12.5 Å². The third-order valence-corrected chi connectivity index (χ3v) is 4.39. The second-order valence-electron chi connectivity index (χ2n) is 6.54. The Labute approximate surface area is 142 Å². The van der Waals surface area contributed by atoms with Gasteiger partial charge in [0.15, 0.2) is 5.76 Å². The summed E-state index contributed by atoms with van der Waals surface area (Å²) >= 11 is 0. The van der Waals surface area contributed by atoms with E-state index in [1.165, 1.54) is 5.57 Å². The molecule has 1 fully saturated rings. The summed E-state index contributed by atoms with van der Waals surface area (Å²) in [6, 6.07) is 5.66. The van der Waals surface area contributed by atoms with Gasteiger partial charge in [0.25, 0.3) is 5.91 Å². The Kier molecular flexibility index (Phi) is 5.20. The topological polar surface area (TPSA) is 58.6 Å². The Morgan fingerprint density at radius 2 is 2.25 bits per heavy atom. The lowest BCUT2D eigenvalue weighted by Crippen LogP contribution is -2.31. The number of carbonyl (C=O) groups excluding carboxylic acids is 1. The molecular weight excluding hydrogens is 304 g/mol. The number of rotatable bonds is 6. The van der Waals surface area contributed by atoms with Crippen LogP contribution in [0.25, 0.3) is 6.08 Å².